The van der Waals surface area contributed by atoms with Crippen molar-refractivity contribution in [2.75, 3.05) is 13.6 Å². The molecular weight excluding hydrogens is 250 g/mol. The Balaban J connectivity index is 2.45. The van der Waals surface area contributed by atoms with E-state index in [1.165, 1.54) is 0 Å². The quantitative estimate of drug-likeness (QED) is 0.833. The minimum Gasteiger partial charge on any atom is -0.306 e. The molecule has 0 aliphatic rings. The zero-order valence-corrected chi connectivity index (χ0v) is 14.2. The Labute approximate surface area is 123 Å². The van der Waals surface area contributed by atoms with Gasteiger partial charge in [-0.25, -0.2) is 0 Å². The minimum absolute atomic E-state index is 0.106. The van der Waals surface area contributed by atoms with Crippen LogP contribution in [0.2, 0.25) is 0 Å². The normalized spacial score (nSPS) is 13.2. The number of hydrogen-bond acceptors (Lipinski definition) is 4. The van der Waals surface area contributed by atoms with Gasteiger partial charge in [-0.15, -0.1) is 5.10 Å². The molecule has 0 aromatic carbocycles. The van der Waals surface area contributed by atoms with Crippen LogP contribution in [0.5, 0.6) is 0 Å². The van der Waals surface area contributed by atoms with E-state index in [1.54, 1.807) is 0 Å². The van der Waals surface area contributed by atoms with Crippen LogP contribution in [0.3, 0.4) is 0 Å². The minimum atomic E-state index is 0.106. The summed E-state index contributed by atoms with van der Waals surface area (Å²) >= 11 is 0. The lowest BCUT2D eigenvalue weighted by Crippen LogP contribution is -2.42. The lowest BCUT2D eigenvalue weighted by Gasteiger charge is -2.34. The predicted molar refractivity (Wildman–Crippen MR) is 83.6 cm³/mol. The second-order valence-corrected chi connectivity index (χ2v) is 7.16. The van der Waals surface area contributed by atoms with E-state index in [0.717, 1.165) is 31.7 Å². The molecule has 0 aliphatic heterocycles. The fourth-order valence-corrected chi connectivity index (χ4v) is 1.71. The molecule has 20 heavy (non-hydrogen) atoms. The molecular formula is C15H31N5. The predicted octanol–water partition coefficient (Wildman–Crippen LogP) is 2.29. The van der Waals surface area contributed by atoms with Crippen LogP contribution >= 0.6 is 0 Å². The van der Waals surface area contributed by atoms with Crippen LogP contribution in [-0.2, 0) is 13.1 Å². The van der Waals surface area contributed by atoms with E-state index in [4.69, 9.17) is 0 Å². The Morgan fingerprint density at radius 2 is 1.90 bits per heavy atom. The maximum Gasteiger partial charge on any atom is 0.0965 e. The highest BCUT2D eigenvalue weighted by Gasteiger charge is 2.20. The standard InChI is InChI=1S/C15H31N5/c1-8-15(5,6)19(7)9-10-20-12-13(17-18-20)11-16-14(2,3)4/h12,16H,8-11H2,1-7H3. The summed E-state index contributed by atoms with van der Waals surface area (Å²) in [5, 5.41) is 11.8. The van der Waals surface area contributed by atoms with Gasteiger partial charge in [0.2, 0.25) is 0 Å². The van der Waals surface area contributed by atoms with E-state index >= 15 is 0 Å². The van der Waals surface area contributed by atoms with Crippen molar-refractivity contribution in [3.8, 4) is 0 Å². The third kappa shape index (κ3) is 5.59. The van der Waals surface area contributed by atoms with Gasteiger partial charge in [0, 0.05) is 30.4 Å². The first-order chi connectivity index (χ1) is 9.14. The summed E-state index contributed by atoms with van der Waals surface area (Å²) in [6.45, 7) is 15.8. The molecule has 0 atom stereocenters. The Kier molecular flexibility index (Phi) is 5.71. The third-order valence-electron chi connectivity index (χ3n) is 3.95. The van der Waals surface area contributed by atoms with Gasteiger partial charge in [0.15, 0.2) is 0 Å². The van der Waals surface area contributed by atoms with E-state index in [9.17, 15) is 0 Å². The van der Waals surface area contributed by atoms with Crippen LogP contribution in [0.4, 0.5) is 0 Å². The first-order valence-electron chi connectivity index (χ1n) is 7.49. The first kappa shape index (κ1) is 17.1. The number of aromatic nitrogens is 3. The van der Waals surface area contributed by atoms with Gasteiger partial charge in [-0.2, -0.15) is 0 Å². The van der Waals surface area contributed by atoms with Crippen molar-refractivity contribution in [2.45, 2.75) is 72.1 Å². The van der Waals surface area contributed by atoms with Gasteiger partial charge < -0.3 is 5.32 Å². The van der Waals surface area contributed by atoms with E-state index in [2.05, 4.69) is 69.1 Å². The molecule has 1 rings (SSSR count). The number of rotatable bonds is 7. The molecule has 0 bridgehead atoms. The van der Waals surface area contributed by atoms with E-state index < -0.39 is 0 Å². The SMILES string of the molecule is CCC(C)(C)N(C)CCn1cc(CNC(C)(C)C)nn1. The van der Waals surface area contributed by atoms with Crippen molar-refractivity contribution >= 4 is 0 Å². The molecule has 0 radical (unpaired) electrons. The van der Waals surface area contributed by atoms with Crippen LogP contribution < -0.4 is 5.32 Å². The molecule has 1 aromatic rings. The van der Waals surface area contributed by atoms with Crippen LogP contribution in [-0.4, -0.2) is 44.6 Å². The van der Waals surface area contributed by atoms with Crippen LogP contribution in [0.15, 0.2) is 6.20 Å². The summed E-state index contributed by atoms with van der Waals surface area (Å²) < 4.78 is 1.93. The number of hydrogen-bond donors (Lipinski definition) is 1. The van der Waals surface area contributed by atoms with Gasteiger partial charge in [0.25, 0.3) is 0 Å². The summed E-state index contributed by atoms with van der Waals surface area (Å²) in [7, 11) is 2.17. The molecule has 0 aliphatic carbocycles. The van der Waals surface area contributed by atoms with Crippen molar-refractivity contribution in [1.82, 2.24) is 25.2 Å². The molecule has 1 heterocycles. The molecule has 0 unspecified atom stereocenters. The molecule has 0 saturated heterocycles. The molecule has 5 nitrogen and oxygen atoms in total. The summed E-state index contributed by atoms with van der Waals surface area (Å²) in [4.78, 5) is 2.38. The lowest BCUT2D eigenvalue weighted by atomic mass is 10.0. The summed E-state index contributed by atoms with van der Waals surface area (Å²) in [6, 6.07) is 0. The van der Waals surface area contributed by atoms with Crippen LogP contribution in [0.25, 0.3) is 0 Å². The first-order valence-corrected chi connectivity index (χ1v) is 7.49. The summed E-state index contributed by atoms with van der Waals surface area (Å²) in [5.41, 5.74) is 1.34. The number of nitrogens with zero attached hydrogens (tertiary/aromatic N) is 4. The second kappa shape index (κ2) is 6.68. The highest BCUT2D eigenvalue weighted by molar-refractivity contribution is 4.93. The third-order valence-corrected chi connectivity index (χ3v) is 3.95. The van der Waals surface area contributed by atoms with Crippen molar-refractivity contribution in [3.63, 3.8) is 0 Å². The monoisotopic (exact) mass is 281 g/mol. The highest BCUT2D eigenvalue weighted by atomic mass is 15.4. The maximum atomic E-state index is 4.21. The van der Waals surface area contributed by atoms with Crippen molar-refractivity contribution in [3.05, 3.63) is 11.9 Å². The molecule has 5 heteroatoms. The average Bonchev–Trinajstić information content (AvgIpc) is 2.80. The Morgan fingerprint density at radius 3 is 2.45 bits per heavy atom. The van der Waals surface area contributed by atoms with Crippen molar-refractivity contribution in [2.24, 2.45) is 0 Å². The van der Waals surface area contributed by atoms with Crippen LogP contribution in [0.1, 0.15) is 53.7 Å². The molecule has 1 N–H and O–H groups in total. The summed E-state index contributed by atoms with van der Waals surface area (Å²) in [6.07, 6.45) is 3.17. The van der Waals surface area contributed by atoms with Crippen molar-refractivity contribution < 1.29 is 0 Å². The molecule has 0 saturated carbocycles. The Morgan fingerprint density at radius 1 is 1.25 bits per heavy atom. The number of likely N-dealkylation sites (N-methyl/N-ethyl adjacent to an activating group) is 1. The lowest BCUT2D eigenvalue weighted by molar-refractivity contribution is 0.144. The van der Waals surface area contributed by atoms with Gasteiger partial charge in [-0.3, -0.25) is 9.58 Å². The van der Waals surface area contributed by atoms with Crippen LogP contribution in [0, 0.1) is 0 Å². The second-order valence-electron chi connectivity index (χ2n) is 7.16. The fourth-order valence-electron chi connectivity index (χ4n) is 1.71. The Hall–Kier alpha value is -0.940. The largest absolute Gasteiger partial charge is 0.306 e. The van der Waals surface area contributed by atoms with Gasteiger partial charge in [0.05, 0.1) is 12.2 Å². The summed E-state index contributed by atoms with van der Waals surface area (Å²) in [5.74, 6) is 0. The molecule has 0 amide bonds. The molecule has 116 valence electrons. The van der Waals surface area contributed by atoms with E-state index in [0.29, 0.717) is 0 Å². The zero-order chi connectivity index (χ0) is 15.4. The maximum absolute atomic E-state index is 4.21. The van der Waals surface area contributed by atoms with Gasteiger partial charge >= 0.3 is 0 Å². The van der Waals surface area contributed by atoms with Gasteiger partial charge in [-0.1, -0.05) is 12.1 Å². The zero-order valence-electron chi connectivity index (χ0n) is 14.2. The smallest absolute Gasteiger partial charge is 0.0965 e. The van der Waals surface area contributed by atoms with Gasteiger partial charge in [-0.05, 0) is 48.1 Å². The fraction of sp³-hybridized carbons (Fsp3) is 0.867. The molecule has 0 fully saturated rings. The molecule has 0 spiro atoms. The molecule has 1 aromatic heterocycles. The topological polar surface area (TPSA) is 46.0 Å². The highest BCUT2D eigenvalue weighted by Crippen LogP contribution is 2.15. The van der Waals surface area contributed by atoms with E-state index in [-0.39, 0.29) is 11.1 Å². The van der Waals surface area contributed by atoms with Gasteiger partial charge in [0.1, 0.15) is 0 Å². The van der Waals surface area contributed by atoms with Crippen molar-refractivity contribution in [1.29, 1.82) is 0 Å². The van der Waals surface area contributed by atoms with E-state index in [1.807, 2.05) is 10.9 Å². The average molecular weight is 281 g/mol. The Bertz CT molecular complexity index is 403. The number of nitrogens with one attached hydrogen (secondary N) is 1.